The third-order valence-corrected chi connectivity index (χ3v) is 5.33. The van der Waals surface area contributed by atoms with Crippen molar-refractivity contribution in [2.45, 2.75) is 50.7 Å². The second kappa shape index (κ2) is 8.13. The van der Waals surface area contributed by atoms with Gasteiger partial charge in [0.1, 0.15) is 5.75 Å². The maximum Gasteiger partial charge on any atom is 0.261 e. The van der Waals surface area contributed by atoms with Crippen LogP contribution < -0.4 is 10.1 Å². The second-order valence-corrected chi connectivity index (χ2v) is 9.69. The molecule has 0 aromatic heterocycles. The highest BCUT2D eigenvalue weighted by molar-refractivity contribution is 7.90. The minimum absolute atomic E-state index is 0.00297. The molecular weight excluding hydrogens is 362 g/mol. The van der Waals surface area contributed by atoms with Crippen molar-refractivity contribution >= 4 is 15.7 Å². The van der Waals surface area contributed by atoms with Gasteiger partial charge in [0.25, 0.3) is 5.91 Å². The van der Waals surface area contributed by atoms with Crippen molar-refractivity contribution in [3.8, 4) is 5.75 Å². The van der Waals surface area contributed by atoms with Crippen molar-refractivity contribution in [3.05, 3.63) is 59.7 Å². The van der Waals surface area contributed by atoms with E-state index in [-0.39, 0.29) is 16.2 Å². The van der Waals surface area contributed by atoms with Gasteiger partial charge in [-0.3, -0.25) is 4.79 Å². The molecule has 0 spiro atoms. The van der Waals surface area contributed by atoms with Gasteiger partial charge in [-0.25, -0.2) is 8.42 Å². The van der Waals surface area contributed by atoms with E-state index in [1.807, 2.05) is 24.3 Å². The van der Waals surface area contributed by atoms with Gasteiger partial charge in [0.15, 0.2) is 15.9 Å². The number of benzene rings is 2. The van der Waals surface area contributed by atoms with E-state index in [0.717, 1.165) is 17.4 Å². The van der Waals surface area contributed by atoms with Crippen molar-refractivity contribution < 1.29 is 17.9 Å². The van der Waals surface area contributed by atoms with E-state index in [9.17, 15) is 13.2 Å². The zero-order valence-electron chi connectivity index (χ0n) is 16.4. The predicted octanol–water partition coefficient (Wildman–Crippen LogP) is 3.47. The summed E-state index contributed by atoms with van der Waals surface area (Å²) in [7, 11) is -3.22. The van der Waals surface area contributed by atoms with Crippen LogP contribution in [0.2, 0.25) is 0 Å². The molecule has 146 valence electrons. The molecule has 1 amide bonds. The highest BCUT2D eigenvalue weighted by atomic mass is 32.2. The molecule has 0 bridgehead atoms. The number of carbonyl (C=O) groups is 1. The molecule has 0 saturated carbocycles. The lowest BCUT2D eigenvalue weighted by Gasteiger charge is -2.21. The molecule has 2 aromatic rings. The Labute approximate surface area is 161 Å². The summed E-state index contributed by atoms with van der Waals surface area (Å²) in [5.74, 6) is 0.422. The zero-order chi connectivity index (χ0) is 20.2. The number of hydrogen-bond donors (Lipinski definition) is 1. The van der Waals surface area contributed by atoms with Gasteiger partial charge in [0, 0.05) is 12.8 Å². The monoisotopic (exact) mass is 389 g/mol. The minimum Gasteiger partial charge on any atom is -0.481 e. The van der Waals surface area contributed by atoms with Crippen LogP contribution >= 0.6 is 0 Å². The Hall–Kier alpha value is -2.34. The predicted molar refractivity (Wildman–Crippen MR) is 107 cm³/mol. The number of rotatable bonds is 6. The zero-order valence-corrected chi connectivity index (χ0v) is 17.3. The molecule has 1 atom stereocenters. The first-order chi connectivity index (χ1) is 12.5. The third kappa shape index (κ3) is 6.10. The first-order valence-electron chi connectivity index (χ1n) is 8.81. The molecule has 6 heteroatoms. The number of sulfone groups is 1. The van der Waals surface area contributed by atoms with Crippen LogP contribution in [-0.2, 0) is 26.6 Å². The molecule has 0 aliphatic rings. The first kappa shape index (κ1) is 21.0. The van der Waals surface area contributed by atoms with Crippen LogP contribution in [0.3, 0.4) is 0 Å². The van der Waals surface area contributed by atoms with Gasteiger partial charge in [0.2, 0.25) is 0 Å². The largest absolute Gasteiger partial charge is 0.481 e. The lowest BCUT2D eigenvalue weighted by molar-refractivity contribution is -0.127. The first-order valence-corrected chi connectivity index (χ1v) is 10.7. The Bertz CT molecular complexity index is 897. The summed E-state index contributed by atoms with van der Waals surface area (Å²) in [5, 5.41) is 2.81. The Morgan fingerprint density at radius 3 is 2.30 bits per heavy atom. The van der Waals surface area contributed by atoms with Crippen LogP contribution in [0.5, 0.6) is 5.75 Å². The van der Waals surface area contributed by atoms with E-state index in [1.54, 1.807) is 19.1 Å². The molecule has 27 heavy (non-hydrogen) atoms. The van der Waals surface area contributed by atoms with Gasteiger partial charge in [-0.1, -0.05) is 45.0 Å². The molecule has 0 heterocycles. The van der Waals surface area contributed by atoms with Gasteiger partial charge < -0.3 is 10.1 Å². The van der Waals surface area contributed by atoms with Gasteiger partial charge >= 0.3 is 0 Å². The van der Waals surface area contributed by atoms with Crippen LogP contribution in [0.25, 0.3) is 0 Å². The Morgan fingerprint density at radius 1 is 1.11 bits per heavy atom. The maximum absolute atomic E-state index is 12.3. The fourth-order valence-corrected chi connectivity index (χ4v) is 3.11. The van der Waals surface area contributed by atoms with E-state index in [0.29, 0.717) is 12.3 Å². The molecule has 5 nitrogen and oxygen atoms in total. The smallest absolute Gasteiger partial charge is 0.261 e. The fraction of sp³-hybridized carbons (Fsp3) is 0.381. The molecule has 0 aliphatic heterocycles. The highest BCUT2D eigenvalue weighted by Crippen LogP contribution is 2.26. The van der Waals surface area contributed by atoms with E-state index >= 15 is 0 Å². The summed E-state index contributed by atoms with van der Waals surface area (Å²) in [5.41, 5.74) is 1.96. The second-order valence-electron chi connectivity index (χ2n) is 7.67. The Balaban J connectivity index is 1.94. The van der Waals surface area contributed by atoms with E-state index < -0.39 is 15.9 Å². The molecule has 1 unspecified atom stereocenters. The molecule has 1 N–H and O–H groups in total. The lowest BCUT2D eigenvalue weighted by Crippen LogP contribution is -2.35. The number of hydrogen-bond acceptors (Lipinski definition) is 4. The maximum atomic E-state index is 12.3. The van der Waals surface area contributed by atoms with E-state index in [4.69, 9.17) is 4.74 Å². The summed E-state index contributed by atoms with van der Waals surface area (Å²) in [6.07, 6.45) is 0.521. The van der Waals surface area contributed by atoms with E-state index in [1.165, 1.54) is 12.1 Å². The molecule has 2 rings (SSSR count). The van der Waals surface area contributed by atoms with Crippen molar-refractivity contribution in [1.29, 1.82) is 0 Å². The average molecular weight is 390 g/mol. The van der Waals surface area contributed by atoms with Crippen LogP contribution in [-0.4, -0.2) is 26.7 Å². The molecule has 2 aromatic carbocycles. The van der Waals surface area contributed by atoms with E-state index in [2.05, 4.69) is 26.1 Å². The van der Waals surface area contributed by atoms with Gasteiger partial charge in [-0.2, -0.15) is 0 Å². The van der Waals surface area contributed by atoms with Crippen molar-refractivity contribution in [2.24, 2.45) is 0 Å². The quantitative estimate of drug-likeness (QED) is 0.821. The fourth-order valence-electron chi connectivity index (χ4n) is 2.48. The number of nitrogens with one attached hydrogen (secondary N) is 1. The van der Waals surface area contributed by atoms with Gasteiger partial charge in [0.05, 0.1) is 4.90 Å². The standard InChI is InChI=1S/C21H27NO4S/c1-15(26-18-8-6-7-17(13-18)21(2,3)4)20(23)22-14-16-9-11-19(12-10-16)27(5,24)25/h6-13,15H,14H2,1-5H3,(H,22,23). The van der Waals surface area contributed by atoms with Crippen molar-refractivity contribution in [1.82, 2.24) is 5.32 Å². The molecule has 0 aliphatic carbocycles. The topological polar surface area (TPSA) is 72.5 Å². The number of ether oxygens (including phenoxy) is 1. The van der Waals surface area contributed by atoms with Crippen LogP contribution in [0.1, 0.15) is 38.8 Å². The highest BCUT2D eigenvalue weighted by Gasteiger charge is 2.17. The Kier molecular flexibility index (Phi) is 6.31. The summed E-state index contributed by atoms with van der Waals surface area (Å²) in [4.78, 5) is 12.6. The molecule has 0 fully saturated rings. The SMILES string of the molecule is CC(Oc1cccc(C(C)(C)C)c1)C(=O)NCc1ccc(S(C)(=O)=O)cc1. The summed E-state index contributed by atoms with van der Waals surface area (Å²) in [6, 6.07) is 14.2. The van der Waals surface area contributed by atoms with Crippen LogP contribution in [0.15, 0.2) is 53.4 Å². The third-order valence-electron chi connectivity index (χ3n) is 4.20. The van der Waals surface area contributed by atoms with Crippen LogP contribution in [0.4, 0.5) is 0 Å². The normalized spacial score (nSPS) is 13.1. The average Bonchev–Trinajstić information content (AvgIpc) is 2.58. The number of carbonyl (C=O) groups excluding carboxylic acids is 1. The van der Waals surface area contributed by atoms with Crippen molar-refractivity contribution in [3.63, 3.8) is 0 Å². The van der Waals surface area contributed by atoms with Crippen LogP contribution in [0, 0.1) is 0 Å². The van der Waals surface area contributed by atoms with Crippen molar-refractivity contribution in [2.75, 3.05) is 6.26 Å². The summed E-state index contributed by atoms with van der Waals surface area (Å²) >= 11 is 0. The van der Waals surface area contributed by atoms with Gasteiger partial charge in [-0.15, -0.1) is 0 Å². The summed E-state index contributed by atoms with van der Waals surface area (Å²) < 4.78 is 28.7. The molecule has 0 radical (unpaired) electrons. The molecular formula is C21H27NO4S. The number of amides is 1. The lowest BCUT2D eigenvalue weighted by atomic mass is 9.87. The van der Waals surface area contributed by atoms with Gasteiger partial charge in [-0.05, 0) is 47.7 Å². The Morgan fingerprint density at radius 2 is 1.74 bits per heavy atom. The summed E-state index contributed by atoms with van der Waals surface area (Å²) in [6.45, 7) is 8.37. The minimum atomic E-state index is -3.22. The molecule has 0 saturated heterocycles.